The number of anilines is 1. The van der Waals surface area contributed by atoms with Gasteiger partial charge >= 0.3 is 5.38 Å². The highest BCUT2D eigenvalue weighted by Gasteiger charge is 2.51. The summed E-state index contributed by atoms with van der Waals surface area (Å²) in [5, 5.41) is -3.82. The first-order valence-corrected chi connectivity index (χ1v) is 8.46. The zero-order valence-electron chi connectivity index (χ0n) is 9.33. The molecule has 0 amide bonds. The van der Waals surface area contributed by atoms with Crippen LogP contribution in [0.5, 0.6) is 0 Å². The molecule has 0 spiro atoms. The van der Waals surface area contributed by atoms with Crippen LogP contribution in [0, 0.1) is 0 Å². The fourth-order valence-electron chi connectivity index (χ4n) is 1.01. The molecule has 0 aliphatic rings. The largest absolute Gasteiger partial charge is 0.363 e. The van der Waals surface area contributed by atoms with Crippen molar-refractivity contribution in [3.63, 3.8) is 0 Å². The fraction of sp³-hybridized carbons (Fsp3) is 0.333. The summed E-state index contributed by atoms with van der Waals surface area (Å²) < 4.78 is 47.4. The molecule has 1 rings (SSSR count). The van der Waals surface area contributed by atoms with Crippen molar-refractivity contribution < 1.29 is 17.2 Å². The van der Waals surface area contributed by atoms with E-state index < -0.39 is 19.1 Å². The zero-order chi connectivity index (χ0) is 14.9. The number of thioether (sulfide) groups is 1. The molecule has 0 saturated heterocycles. The number of rotatable bonds is 5. The first-order valence-electron chi connectivity index (χ1n) is 4.62. The van der Waals surface area contributed by atoms with Gasteiger partial charge in [0.1, 0.15) is 0 Å². The molecule has 0 aliphatic heterocycles. The lowest BCUT2D eigenvalue weighted by atomic mass is 10.3. The van der Waals surface area contributed by atoms with E-state index in [9.17, 15) is 17.2 Å². The second-order valence-electron chi connectivity index (χ2n) is 3.52. The Morgan fingerprint density at radius 2 is 1.63 bits per heavy atom. The Morgan fingerprint density at radius 1 is 1.16 bits per heavy atom. The molecule has 1 aromatic carbocycles. The Bertz CT molecular complexity index is 544. The van der Waals surface area contributed by atoms with E-state index >= 15 is 0 Å². The van der Waals surface area contributed by atoms with Gasteiger partial charge in [0, 0.05) is 10.6 Å². The number of hydrogen-bond acceptors (Lipinski definition) is 3. The topological polar surface area (TPSA) is 46.2 Å². The second kappa shape index (κ2) is 5.81. The Morgan fingerprint density at radius 3 is 2.00 bits per heavy atom. The van der Waals surface area contributed by atoms with Gasteiger partial charge in [0.15, 0.2) is 0 Å². The molecule has 0 fully saturated rings. The van der Waals surface area contributed by atoms with Crippen LogP contribution in [-0.4, -0.2) is 23.7 Å². The van der Waals surface area contributed by atoms with E-state index in [1.54, 1.807) is 0 Å². The van der Waals surface area contributed by atoms with Crippen LogP contribution in [0.15, 0.2) is 29.2 Å². The SMILES string of the molecule is CS(=O)(=O)Nc1ccc(SC(Cl)(Cl)C(F)(F)Cl)cc1. The van der Waals surface area contributed by atoms with Gasteiger partial charge in [0.05, 0.1) is 6.26 Å². The summed E-state index contributed by atoms with van der Waals surface area (Å²) in [6.07, 6.45) is 0.992. The van der Waals surface area contributed by atoms with Crippen LogP contribution in [0.25, 0.3) is 0 Å². The maximum atomic E-state index is 12.9. The highest BCUT2D eigenvalue weighted by atomic mass is 35.5. The minimum atomic E-state index is -3.82. The lowest BCUT2D eigenvalue weighted by molar-refractivity contribution is 0.103. The molecule has 0 unspecified atom stereocenters. The summed E-state index contributed by atoms with van der Waals surface area (Å²) in [7, 11) is -3.40. The van der Waals surface area contributed by atoms with Gasteiger partial charge in [-0.1, -0.05) is 35.0 Å². The molecule has 0 aromatic heterocycles. The normalized spacial score (nSPS) is 13.4. The quantitative estimate of drug-likeness (QED) is 0.626. The number of benzene rings is 1. The molecular formula is C9H8Cl3F2NO2S2. The molecule has 1 aromatic rings. The third kappa shape index (κ3) is 5.51. The predicted octanol–water partition coefficient (Wildman–Crippen LogP) is 4.11. The van der Waals surface area contributed by atoms with Crippen molar-refractivity contribution >= 4 is 62.3 Å². The van der Waals surface area contributed by atoms with Crippen LogP contribution in [-0.2, 0) is 10.0 Å². The summed E-state index contributed by atoms with van der Waals surface area (Å²) in [5.41, 5.74) is 0.291. The van der Waals surface area contributed by atoms with Crippen molar-refractivity contribution in [3.05, 3.63) is 24.3 Å². The summed E-state index contributed by atoms with van der Waals surface area (Å²) >= 11 is 16.1. The van der Waals surface area contributed by atoms with Gasteiger partial charge in [-0.05, 0) is 35.9 Å². The van der Waals surface area contributed by atoms with Crippen LogP contribution < -0.4 is 4.72 Å². The summed E-state index contributed by atoms with van der Waals surface area (Å²) in [6.45, 7) is 0. The molecule has 10 heteroatoms. The highest BCUT2D eigenvalue weighted by molar-refractivity contribution is 8.03. The third-order valence-corrected chi connectivity index (χ3v) is 4.89. The molecular weight excluding hydrogens is 363 g/mol. The third-order valence-electron chi connectivity index (χ3n) is 1.73. The smallest absolute Gasteiger partial charge is 0.284 e. The standard InChI is InChI=1S/C9H8Cl3F2NO2S2/c1-19(16,17)15-6-2-4-7(5-3-6)18-8(10,11)9(12,13)14/h2-5,15H,1H3. The van der Waals surface area contributed by atoms with Gasteiger partial charge in [-0.3, -0.25) is 4.72 Å². The zero-order valence-corrected chi connectivity index (χ0v) is 13.2. The lowest BCUT2D eigenvalue weighted by Crippen LogP contribution is -2.29. The average Bonchev–Trinajstić information content (AvgIpc) is 2.16. The molecule has 0 heterocycles. The Kier molecular flexibility index (Phi) is 5.23. The lowest BCUT2D eigenvalue weighted by Gasteiger charge is -2.23. The Labute approximate surface area is 128 Å². The Hall–Kier alpha value is 0.0500. The maximum absolute atomic E-state index is 12.9. The summed E-state index contributed by atoms with van der Waals surface area (Å²) in [6, 6.07) is 5.56. The van der Waals surface area contributed by atoms with E-state index in [4.69, 9.17) is 34.8 Å². The molecule has 0 bridgehead atoms. The van der Waals surface area contributed by atoms with E-state index in [1.165, 1.54) is 24.3 Å². The van der Waals surface area contributed by atoms with E-state index in [1.807, 2.05) is 0 Å². The summed E-state index contributed by atoms with van der Waals surface area (Å²) in [5.74, 6) is 0. The monoisotopic (exact) mass is 369 g/mol. The van der Waals surface area contributed by atoms with Crippen molar-refractivity contribution in [2.75, 3.05) is 11.0 Å². The van der Waals surface area contributed by atoms with Crippen molar-refractivity contribution in [2.45, 2.75) is 13.9 Å². The van der Waals surface area contributed by atoms with Gasteiger partial charge in [-0.15, -0.1) is 0 Å². The predicted molar refractivity (Wildman–Crippen MR) is 76.0 cm³/mol. The molecule has 0 saturated carbocycles. The van der Waals surface area contributed by atoms with Gasteiger partial charge in [-0.25, -0.2) is 8.42 Å². The first kappa shape index (κ1) is 17.1. The number of sulfonamides is 1. The van der Waals surface area contributed by atoms with Crippen LogP contribution in [0.1, 0.15) is 0 Å². The van der Waals surface area contributed by atoms with Gasteiger partial charge < -0.3 is 0 Å². The summed E-state index contributed by atoms with van der Waals surface area (Å²) in [4.78, 5) is 0.310. The number of alkyl halides is 5. The first-order chi connectivity index (χ1) is 8.41. The highest BCUT2D eigenvalue weighted by Crippen LogP contribution is 2.52. The fourth-order valence-corrected chi connectivity index (χ4v) is 2.91. The molecule has 0 radical (unpaired) electrons. The van der Waals surface area contributed by atoms with E-state index in [0.29, 0.717) is 22.3 Å². The number of nitrogens with one attached hydrogen (secondary N) is 1. The molecule has 0 aliphatic carbocycles. The van der Waals surface area contributed by atoms with Crippen molar-refractivity contribution in [1.29, 1.82) is 0 Å². The molecule has 3 nitrogen and oxygen atoms in total. The van der Waals surface area contributed by atoms with Crippen LogP contribution in [0.4, 0.5) is 14.5 Å². The minimum absolute atomic E-state index is 0.291. The van der Waals surface area contributed by atoms with Crippen molar-refractivity contribution in [1.82, 2.24) is 0 Å². The minimum Gasteiger partial charge on any atom is -0.284 e. The van der Waals surface area contributed by atoms with Crippen LogP contribution in [0.2, 0.25) is 0 Å². The maximum Gasteiger partial charge on any atom is 0.363 e. The molecule has 1 N–H and O–H groups in total. The second-order valence-corrected chi connectivity index (χ2v) is 8.80. The molecule has 19 heavy (non-hydrogen) atoms. The Balaban J connectivity index is 2.84. The van der Waals surface area contributed by atoms with Crippen LogP contribution >= 0.6 is 46.6 Å². The van der Waals surface area contributed by atoms with Gasteiger partial charge in [0.2, 0.25) is 13.7 Å². The van der Waals surface area contributed by atoms with E-state index in [2.05, 4.69) is 4.72 Å². The van der Waals surface area contributed by atoms with Crippen molar-refractivity contribution in [2.24, 2.45) is 0 Å². The van der Waals surface area contributed by atoms with Crippen molar-refractivity contribution in [3.8, 4) is 0 Å². The van der Waals surface area contributed by atoms with Gasteiger partial charge in [-0.2, -0.15) is 8.78 Å². The number of halogens is 5. The molecule has 0 atom stereocenters. The van der Waals surface area contributed by atoms with Gasteiger partial charge in [0.25, 0.3) is 0 Å². The van der Waals surface area contributed by atoms with Crippen LogP contribution in [0.3, 0.4) is 0 Å². The molecule has 108 valence electrons. The number of hydrogen-bond donors (Lipinski definition) is 1. The average molecular weight is 371 g/mol. The van der Waals surface area contributed by atoms with E-state index in [0.717, 1.165) is 6.26 Å². The van der Waals surface area contributed by atoms with E-state index in [-0.39, 0.29) is 0 Å².